The Balaban J connectivity index is 1.91. The van der Waals surface area contributed by atoms with Gasteiger partial charge in [-0.15, -0.1) is 11.8 Å². The topological polar surface area (TPSA) is 88.2 Å². The SMILES string of the molecule is COc1ccc(-c2nc(SCc3ccc(Cl)cc3)c3c(=O)n(C)c(=O)n(C)c3n2)cc1OC. The molecule has 0 N–H and O–H groups in total. The molecule has 170 valence electrons. The van der Waals surface area contributed by atoms with Gasteiger partial charge in [-0.2, -0.15) is 0 Å². The summed E-state index contributed by atoms with van der Waals surface area (Å²) in [5, 5.41) is 1.43. The van der Waals surface area contributed by atoms with E-state index in [2.05, 4.69) is 4.98 Å². The molecule has 0 aliphatic carbocycles. The lowest BCUT2D eigenvalue weighted by molar-refractivity contribution is 0.355. The molecule has 0 atom stereocenters. The predicted octanol–water partition coefficient (Wildman–Crippen LogP) is 3.66. The molecule has 2 heterocycles. The number of rotatable bonds is 6. The van der Waals surface area contributed by atoms with Crippen LogP contribution in [0.2, 0.25) is 5.02 Å². The summed E-state index contributed by atoms with van der Waals surface area (Å²) in [6.07, 6.45) is 0. The maximum atomic E-state index is 13.0. The van der Waals surface area contributed by atoms with Crippen LogP contribution in [0, 0.1) is 0 Å². The molecule has 0 saturated heterocycles. The van der Waals surface area contributed by atoms with Gasteiger partial charge in [0.05, 0.1) is 14.2 Å². The van der Waals surface area contributed by atoms with Gasteiger partial charge in [-0.3, -0.25) is 13.9 Å². The lowest BCUT2D eigenvalue weighted by Crippen LogP contribution is -2.37. The largest absolute Gasteiger partial charge is 0.493 e. The molecule has 33 heavy (non-hydrogen) atoms. The van der Waals surface area contributed by atoms with E-state index >= 15 is 0 Å². The van der Waals surface area contributed by atoms with Crippen molar-refractivity contribution in [2.75, 3.05) is 14.2 Å². The predicted molar refractivity (Wildman–Crippen MR) is 130 cm³/mol. The number of halogens is 1. The Morgan fingerprint density at radius 1 is 0.939 bits per heavy atom. The van der Waals surface area contributed by atoms with Crippen LogP contribution in [0.3, 0.4) is 0 Å². The third kappa shape index (κ3) is 4.34. The molecule has 4 rings (SSSR count). The fourth-order valence-corrected chi connectivity index (χ4v) is 4.47. The second kappa shape index (κ2) is 9.29. The highest BCUT2D eigenvalue weighted by Gasteiger charge is 2.19. The molecule has 0 fully saturated rings. The first-order chi connectivity index (χ1) is 15.8. The summed E-state index contributed by atoms with van der Waals surface area (Å²) in [4.78, 5) is 34.9. The van der Waals surface area contributed by atoms with Gasteiger partial charge in [0, 0.05) is 30.4 Å². The number of nitrogens with zero attached hydrogens (tertiary/aromatic N) is 4. The van der Waals surface area contributed by atoms with Crippen LogP contribution in [0.5, 0.6) is 11.5 Å². The number of ether oxygens (including phenoxy) is 2. The summed E-state index contributed by atoms with van der Waals surface area (Å²) >= 11 is 7.38. The van der Waals surface area contributed by atoms with Crippen molar-refractivity contribution in [3.63, 3.8) is 0 Å². The van der Waals surface area contributed by atoms with Crippen molar-refractivity contribution < 1.29 is 9.47 Å². The van der Waals surface area contributed by atoms with Crippen LogP contribution in [0.1, 0.15) is 5.56 Å². The monoisotopic (exact) mass is 484 g/mol. The molecule has 4 aromatic rings. The van der Waals surface area contributed by atoms with Crippen molar-refractivity contribution in [2.24, 2.45) is 14.1 Å². The van der Waals surface area contributed by atoms with Crippen LogP contribution in [-0.2, 0) is 19.8 Å². The molecule has 0 aliphatic heterocycles. The molecule has 2 aromatic carbocycles. The highest BCUT2D eigenvalue weighted by Crippen LogP contribution is 2.33. The van der Waals surface area contributed by atoms with Gasteiger partial charge in [-0.25, -0.2) is 14.8 Å². The maximum absolute atomic E-state index is 13.0. The number of methoxy groups -OCH3 is 2. The standard InChI is InChI=1S/C23H21ClN4O4S/c1-27-20-18(22(29)28(2)23(27)30)21(33-12-13-5-8-15(24)9-6-13)26-19(25-20)14-7-10-16(31-3)17(11-14)32-4/h5-11H,12H2,1-4H3. The number of aryl methyl sites for hydroxylation is 1. The Labute approximate surface area is 198 Å². The molecule has 0 aliphatic rings. The molecular weight excluding hydrogens is 464 g/mol. The van der Waals surface area contributed by atoms with Crippen molar-refractivity contribution in [3.8, 4) is 22.9 Å². The van der Waals surface area contributed by atoms with E-state index < -0.39 is 11.2 Å². The lowest BCUT2D eigenvalue weighted by Gasteiger charge is -2.13. The fraction of sp³-hybridized carbons (Fsp3) is 0.217. The number of thioether (sulfide) groups is 1. The molecular formula is C23H21ClN4O4S. The molecule has 0 saturated carbocycles. The zero-order chi connectivity index (χ0) is 23.7. The summed E-state index contributed by atoms with van der Waals surface area (Å²) in [6.45, 7) is 0. The average Bonchev–Trinajstić information content (AvgIpc) is 2.84. The molecule has 8 nitrogen and oxygen atoms in total. The van der Waals surface area contributed by atoms with E-state index in [0.717, 1.165) is 10.1 Å². The smallest absolute Gasteiger partial charge is 0.332 e. The van der Waals surface area contributed by atoms with Gasteiger partial charge in [0.2, 0.25) is 0 Å². The molecule has 0 spiro atoms. The molecule has 10 heteroatoms. The van der Waals surface area contributed by atoms with Crippen molar-refractivity contribution in [3.05, 3.63) is 73.9 Å². The number of fused-ring (bicyclic) bond motifs is 1. The summed E-state index contributed by atoms with van der Waals surface area (Å²) in [5.41, 5.74) is 1.05. The van der Waals surface area contributed by atoms with E-state index in [1.165, 1.54) is 23.4 Å². The average molecular weight is 485 g/mol. The first kappa shape index (κ1) is 22.9. The van der Waals surface area contributed by atoms with E-state index in [4.69, 9.17) is 26.1 Å². The minimum absolute atomic E-state index is 0.265. The van der Waals surface area contributed by atoms with E-state index in [-0.39, 0.29) is 5.65 Å². The van der Waals surface area contributed by atoms with E-state index in [0.29, 0.717) is 44.1 Å². The summed E-state index contributed by atoms with van der Waals surface area (Å²) < 4.78 is 13.1. The summed E-state index contributed by atoms with van der Waals surface area (Å²) in [5.74, 6) is 2.01. The first-order valence-corrected chi connectivity index (χ1v) is 11.3. The van der Waals surface area contributed by atoms with Crippen LogP contribution in [0.15, 0.2) is 57.1 Å². The van der Waals surface area contributed by atoms with Gasteiger partial charge < -0.3 is 9.47 Å². The van der Waals surface area contributed by atoms with E-state index in [1.807, 2.05) is 24.3 Å². The van der Waals surface area contributed by atoms with Gasteiger partial charge >= 0.3 is 5.69 Å². The normalized spacial score (nSPS) is 11.1. The minimum atomic E-state index is -0.460. The van der Waals surface area contributed by atoms with Crippen LogP contribution in [0.4, 0.5) is 0 Å². The number of hydrogen-bond acceptors (Lipinski definition) is 7. The van der Waals surface area contributed by atoms with Crippen molar-refractivity contribution in [1.82, 2.24) is 19.1 Å². The van der Waals surface area contributed by atoms with Gasteiger partial charge in [0.1, 0.15) is 10.4 Å². The second-order valence-electron chi connectivity index (χ2n) is 7.24. The molecule has 2 aromatic heterocycles. The summed E-state index contributed by atoms with van der Waals surface area (Å²) in [7, 11) is 6.13. The molecule has 0 radical (unpaired) electrons. The van der Waals surface area contributed by atoms with Gasteiger partial charge in [-0.05, 0) is 35.9 Å². The third-order valence-electron chi connectivity index (χ3n) is 5.20. The first-order valence-electron chi connectivity index (χ1n) is 9.91. The second-order valence-corrected chi connectivity index (χ2v) is 8.64. The van der Waals surface area contributed by atoms with Crippen LogP contribution < -0.4 is 20.7 Å². The Kier molecular flexibility index (Phi) is 6.44. The van der Waals surface area contributed by atoms with Crippen LogP contribution >= 0.6 is 23.4 Å². The quantitative estimate of drug-likeness (QED) is 0.305. The van der Waals surface area contributed by atoms with Crippen LogP contribution in [-0.4, -0.2) is 33.3 Å². The lowest BCUT2D eigenvalue weighted by atomic mass is 10.2. The van der Waals surface area contributed by atoms with Crippen molar-refractivity contribution in [1.29, 1.82) is 0 Å². The Morgan fingerprint density at radius 3 is 2.30 bits per heavy atom. The van der Waals surface area contributed by atoms with Crippen LogP contribution in [0.25, 0.3) is 22.4 Å². The number of benzene rings is 2. The molecule has 0 amide bonds. The molecule has 0 bridgehead atoms. The van der Waals surface area contributed by atoms with E-state index in [9.17, 15) is 9.59 Å². The van der Waals surface area contributed by atoms with Gasteiger partial charge in [0.15, 0.2) is 23.0 Å². The fourth-order valence-electron chi connectivity index (χ4n) is 3.37. The maximum Gasteiger partial charge on any atom is 0.332 e. The zero-order valence-electron chi connectivity index (χ0n) is 18.5. The van der Waals surface area contributed by atoms with Crippen molar-refractivity contribution >= 4 is 34.4 Å². The van der Waals surface area contributed by atoms with Crippen molar-refractivity contribution in [2.45, 2.75) is 10.8 Å². The minimum Gasteiger partial charge on any atom is -0.493 e. The number of aromatic nitrogens is 4. The highest BCUT2D eigenvalue weighted by atomic mass is 35.5. The Morgan fingerprint density at radius 2 is 1.64 bits per heavy atom. The van der Waals surface area contributed by atoms with E-state index in [1.54, 1.807) is 39.5 Å². The van der Waals surface area contributed by atoms with Gasteiger partial charge in [-0.1, -0.05) is 23.7 Å². The Hall–Kier alpha value is -3.30. The zero-order valence-corrected chi connectivity index (χ0v) is 20.0. The van der Waals surface area contributed by atoms with Gasteiger partial charge in [0.25, 0.3) is 5.56 Å². The third-order valence-corrected chi connectivity index (χ3v) is 6.50. The summed E-state index contributed by atoms with van der Waals surface area (Å²) in [6, 6.07) is 12.8. The number of hydrogen-bond donors (Lipinski definition) is 0. The highest BCUT2D eigenvalue weighted by molar-refractivity contribution is 7.98. The Bertz CT molecular complexity index is 1470. The molecule has 0 unspecified atom stereocenters.